The monoisotopic (exact) mass is 237 g/mol. The number of nitrogen functional groups attached to an aromatic ring is 1. The first-order valence-corrected chi connectivity index (χ1v) is 5.12. The highest BCUT2D eigenvalue weighted by Crippen LogP contribution is 2.03. The summed E-state index contributed by atoms with van der Waals surface area (Å²) in [6.07, 6.45) is 2.23. The lowest BCUT2D eigenvalue weighted by Crippen LogP contribution is -2.26. The smallest absolute Gasteiger partial charge is 0.269 e. The van der Waals surface area contributed by atoms with Gasteiger partial charge in [-0.2, -0.15) is 0 Å². The summed E-state index contributed by atoms with van der Waals surface area (Å²) < 4.78 is 0. The number of hydrogen-bond donors (Lipinski definition) is 4. The number of carbonyl (C=O) groups excluding carboxylic acids is 2. The molecule has 1 heterocycles. The Hall–Kier alpha value is -2.15. The lowest BCUT2D eigenvalue weighted by molar-refractivity contribution is -0.118. The molecule has 0 aromatic carbocycles. The molecule has 0 aliphatic carbocycles. The van der Waals surface area contributed by atoms with Crippen LogP contribution in [0, 0.1) is 0 Å². The van der Waals surface area contributed by atoms with Crippen LogP contribution in [0.2, 0.25) is 0 Å². The highest BCUT2D eigenvalue weighted by Gasteiger charge is 2.06. The third kappa shape index (κ3) is 4.47. The standard InChI is InChI=1S/C10H15N5O2/c11-9(16)2-1-5-13-10(17)8-4-3-7(15-12)6-14-8/h3-4,6,15H,1-2,5,12H2,(H2,11,16)(H,13,17). The Kier molecular flexibility index (Phi) is 4.89. The third-order valence-electron chi connectivity index (χ3n) is 2.05. The lowest BCUT2D eigenvalue weighted by atomic mass is 10.3. The third-order valence-corrected chi connectivity index (χ3v) is 2.05. The van der Waals surface area contributed by atoms with Gasteiger partial charge in [0.1, 0.15) is 5.69 Å². The Bertz CT molecular complexity index is 390. The van der Waals surface area contributed by atoms with Crippen LogP contribution in [-0.4, -0.2) is 23.3 Å². The summed E-state index contributed by atoms with van der Waals surface area (Å²) in [4.78, 5) is 25.9. The fourth-order valence-corrected chi connectivity index (χ4v) is 1.17. The molecule has 6 N–H and O–H groups in total. The number of amides is 2. The largest absolute Gasteiger partial charge is 0.370 e. The molecule has 0 aliphatic heterocycles. The van der Waals surface area contributed by atoms with Crippen molar-refractivity contribution >= 4 is 17.5 Å². The van der Waals surface area contributed by atoms with Gasteiger partial charge < -0.3 is 16.5 Å². The molecule has 0 bridgehead atoms. The topological polar surface area (TPSA) is 123 Å². The first kappa shape index (κ1) is 12.9. The molecular formula is C10H15N5O2. The van der Waals surface area contributed by atoms with Gasteiger partial charge in [0, 0.05) is 13.0 Å². The highest BCUT2D eigenvalue weighted by molar-refractivity contribution is 5.92. The Labute approximate surface area is 98.5 Å². The van der Waals surface area contributed by atoms with Crippen LogP contribution in [0.5, 0.6) is 0 Å². The fraction of sp³-hybridized carbons (Fsp3) is 0.300. The maximum Gasteiger partial charge on any atom is 0.269 e. The van der Waals surface area contributed by atoms with Crippen LogP contribution in [0.4, 0.5) is 5.69 Å². The van der Waals surface area contributed by atoms with Gasteiger partial charge >= 0.3 is 0 Å². The molecule has 1 rings (SSSR count). The predicted molar refractivity (Wildman–Crippen MR) is 62.8 cm³/mol. The number of aromatic nitrogens is 1. The van der Waals surface area contributed by atoms with E-state index in [4.69, 9.17) is 11.6 Å². The van der Waals surface area contributed by atoms with Crippen LogP contribution < -0.4 is 22.3 Å². The maximum absolute atomic E-state index is 11.5. The molecule has 0 atom stereocenters. The minimum atomic E-state index is -0.379. The first-order chi connectivity index (χ1) is 8.13. The van der Waals surface area contributed by atoms with Crippen molar-refractivity contribution in [2.45, 2.75) is 12.8 Å². The predicted octanol–water partition coefficient (Wildman–Crippen LogP) is -0.637. The Morgan fingerprint density at radius 2 is 2.12 bits per heavy atom. The van der Waals surface area contributed by atoms with Crippen molar-refractivity contribution in [1.82, 2.24) is 10.3 Å². The second kappa shape index (κ2) is 6.44. The normalized spacial score (nSPS) is 9.71. The van der Waals surface area contributed by atoms with Crippen molar-refractivity contribution in [2.24, 2.45) is 11.6 Å². The van der Waals surface area contributed by atoms with Gasteiger partial charge in [0.15, 0.2) is 0 Å². The van der Waals surface area contributed by atoms with Gasteiger partial charge in [-0.1, -0.05) is 0 Å². The number of anilines is 1. The summed E-state index contributed by atoms with van der Waals surface area (Å²) in [6, 6.07) is 3.20. The van der Waals surface area contributed by atoms with Crippen LogP contribution in [0.1, 0.15) is 23.3 Å². The van der Waals surface area contributed by atoms with E-state index in [0.29, 0.717) is 24.3 Å². The van der Waals surface area contributed by atoms with Crippen LogP contribution in [0.25, 0.3) is 0 Å². The Morgan fingerprint density at radius 1 is 1.35 bits per heavy atom. The van der Waals surface area contributed by atoms with E-state index < -0.39 is 0 Å². The number of rotatable bonds is 6. The zero-order chi connectivity index (χ0) is 12.7. The van der Waals surface area contributed by atoms with Gasteiger partial charge in [0.25, 0.3) is 5.91 Å². The summed E-state index contributed by atoms with van der Waals surface area (Å²) in [5, 5.41) is 2.63. The molecule has 17 heavy (non-hydrogen) atoms. The number of hydrazine groups is 1. The number of pyridine rings is 1. The molecular weight excluding hydrogens is 222 g/mol. The zero-order valence-electron chi connectivity index (χ0n) is 9.27. The molecule has 1 aromatic rings. The molecule has 92 valence electrons. The number of nitrogens with zero attached hydrogens (tertiary/aromatic N) is 1. The molecule has 0 unspecified atom stereocenters. The SMILES string of the molecule is NNc1ccc(C(=O)NCCCC(N)=O)nc1. The maximum atomic E-state index is 11.5. The molecule has 0 aliphatic rings. The molecule has 1 aromatic heterocycles. The van der Waals surface area contributed by atoms with E-state index in [2.05, 4.69) is 15.7 Å². The van der Waals surface area contributed by atoms with Crippen molar-refractivity contribution < 1.29 is 9.59 Å². The van der Waals surface area contributed by atoms with Gasteiger partial charge in [0.2, 0.25) is 5.91 Å². The van der Waals surface area contributed by atoms with E-state index in [9.17, 15) is 9.59 Å². The molecule has 0 saturated heterocycles. The number of hydrogen-bond acceptors (Lipinski definition) is 5. The van der Waals surface area contributed by atoms with E-state index in [1.807, 2.05) is 0 Å². The van der Waals surface area contributed by atoms with Crippen molar-refractivity contribution in [3.63, 3.8) is 0 Å². The first-order valence-electron chi connectivity index (χ1n) is 5.12. The van der Waals surface area contributed by atoms with Crippen LogP contribution in [0.3, 0.4) is 0 Å². The van der Waals surface area contributed by atoms with Gasteiger partial charge in [0.05, 0.1) is 11.9 Å². The minimum Gasteiger partial charge on any atom is -0.370 e. The number of nitrogens with two attached hydrogens (primary N) is 2. The van der Waals surface area contributed by atoms with E-state index in [-0.39, 0.29) is 18.2 Å². The van der Waals surface area contributed by atoms with E-state index in [0.717, 1.165) is 0 Å². The Morgan fingerprint density at radius 3 is 2.65 bits per heavy atom. The lowest BCUT2D eigenvalue weighted by Gasteiger charge is -2.04. The van der Waals surface area contributed by atoms with Crippen molar-refractivity contribution in [2.75, 3.05) is 12.0 Å². The number of primary amides is 1. The Balaban J connectivity index is 2.38. The average Bonchev–Trinajstić information content (AvgIpc) is 2.34. The summed E-state index contributed by atoms with van der Waals surface area (Å²) in [6.45, 7) is 0.389. The zero-order valence-corrected chi connectivity index (χ0v) is 9.27. The molecule has 0 radical (unpaired) electrons. The van der Waals surface area contributed by atoms with Crippen LogP contribution in [-0.2, 0) is 4.79 Å². The molecule has 0 fully saturated rings. The van der Waals surface area contributed by atoms with Gasteiger partial charge in [-0.3, -0.25) is 15.4 Å². The number of nitrogens with one attached hydrogen (secondary N) is 2. The van der Waals surface area contributed by atoms with Gasteiger partial charge in [-0.25, -0.2) is 4.98 Å². The van der Waals surface area contributed by atoms with E-state index in [1.165, 1.54) is 6.20 Å². The van der Waals surface area contributed by atoms with E-state index >= 15 is 0 Å². The summed E-state index contributed by atoms with van der Waals surface area (Å²) in [7, 11) is 0. The second-order valence-corrected chi connectivity index (χ2v) is 3.40. The minimum absolute atomic E-state index is 0.254. The van der Waals surface area contributed by atoms with Crippen molar-refractivity contribution in [1.29, 1.82) is 0 Å². The quantitative estimate of drug-likeness (QED) is 0.298. The number of carbonyl (C=O) groups is 2. The molecule has 0 saturated carbocycles. The summed E-state index contributed by atoms with van der Waals surface area (Å²) >= 11 is 0. The molecule has 2 amide bonds. The fourth-order valence-electron chi connectivity index (χ4n) is 1.17. The van der Waals surface area contributed by atoms with Gasteiger partial charge in [-0.05, 0) is 18.6 Å². The highest BCUT2D eigenvalue weighted by atomic mass is 16.2. The van der Waals surface area contributed by atoms with Crippen molar-refractivity contribution in [3.8, 4) is 0 Å². The van der Waals surface area contributed by atoms with Crippen LogP contribution >= 0.6 is 0 Å². The van der Waals surface area contributed by atoms with Gasteiger partial charge in [-0.15, -0.1) is 0 Å². The summed E-state index contributed by atoms with van der Waals surface area (Å²) in [5.74, 6) is 4.50. The second-order valence-electron chi connectivity index (χ2n) is 3.40. The van der Waals surface area contributed by atoms with Crippen molar-refractivity contribution in [3.05, 3.63) is 24.0 Å². The molecule has 7 heteroatoms. The molecule has 0 spiro atoms. The van der Waals surface area contributed by atoms with E-state index in [1.54, 1.807) is 12.1 Å². The average molecular weight is 237 g/mol. The summed E-state index contributed by atoms with van der Waals surface area (Å²) in [5.41, 5.74) is 8.30. The van der Waals surface area contributed by atoms with Crippen LogP contribution in [0.15, 0.2) is 18.3 Å². The molecule has 7 nitrogen and oxygen atoms in total.